The van der Waals surface area contributed by atoms with Gasteiger partial charge in [-0.15, -0.1) is 0 Å². The van der Waals surface area contributed by atoms with Crippen molar-refractivity contribution < 1.29 is 22.9 Å². The third-order valence-electron chi connectivity index (χ3n) is 5.13. The van der Waals surface area contributed by atoms with Gasteiger partial charge in [0.1, 0.15) is 0 Å². The van der Waals surface area contributed by atoms with Crippen LogP contribution in [0.2, 0.25) is 0 Å². The van der Waals surface area contributed by atoms with Crippen LogP contribution in [0.3, 0.4) is 0 Å². The Balaban J connectivity index is 1.55. The van der Waals surface area contributed by atoms with E-state index in [1.54, 1.807) is 17.0 Å². The summed E-state index contributed by atoms with van der Waals surface area (Å²) in [5, 5.41) is 10.7. The molecular weight excluding hydrogens is 400 g/mol. The average Bonchev–Trinajstić information content (AvgIpc) is 2.67. The van der Waals surface area contributed by atoms with Gasteiger partial charge in [-0.2, -0.15) is 17.0 Å². The maximum Gasteiger partial charge on any atom is 0.282 e. The van der Waals surface area contributed by atoms with E-state index in [1.165, 1.54) is 20.7 Å². The van der Waals surface area contributed by atoms with Gasteiger partial charge in [0.2, 0.25) is 5.91 Å². The quantitative estimate of drug-likeness (QED) is 0.504. The molecule has 29 heavy (non-hydrogen) atoms. The number of non-ortho nitro benzene ring substituents is 1. The summed E-state index contributed by atoms with van der Waals surface area (Å²) in [6, 6.07) is 5.88. The van der Waals surface area contributed by atoms with E-state index >= 15 is 0 Å². The Morgan fingerprint density at radius 3 is 2.14 bits per heavy atom. The van der Waals surface area contributed by atoms with Gasteiger partial charge in [0.15, 0.2) is 0 Å². The number of piperazine rings is 1. The number of morpholine rings is 1. The van der Waals surface area contributed by atoms with E-state index in [-0.39, 0.29) is 43.3 Å². The number of nitro benzene ring substituents is 1. The van der Waals surface area contributed by atoms with Crippen molar-refractivity contribution in [3.8, 4) is 0 Å². The highest BCUT2D eigenvalue weighted by Crippen LogP contribution is 2.19. The lowest BCUT2D eigenvalue weighted by molar-refractivity contribution is -0.384. The topological polar surface area (TPSA) is 113 Å². The number of rotatable bonds is 5. The van der Waals surface area contributed by atoms with Crippen molar-refractivity contribution in [2.75, 3.05) is 39.3 Å². The van der Waals surface area contributed by atoms with Gasteiger partial charge >= 0.3 is 0 Å². The van der Waals surface area contributed by atoms with E-state index in [1.807, 2.05) is 13.8 Å². The van der Waals surface area contributed by atoms with Gasteiger partial charge in [0.25, 0.3) is 15.9 Å². The molecule has 0 radical (unpaired) electrons. The molecule has 160 valence electrons. The standard InChI is InChI=1S/C18H26N4O6S/c1-14-12-21(13-15(2)28-14)29(26,27)20-9-7-19(8-10-20)18(23)11-16-3-5-17(6-4-16)22(24)25/h3-6,14-15H,7-13H2,1-2H3/t14-,15-/m0/s1. The fourth-order valence-corrected chi connectivity index (χ4v) is 5.42. The van der Waals surface area contributed by atoms with Gasteiger partial charge in [0, 0.05) is 51.4 Å². The summed E-state index contributed by atoms with van der Waals surface area (Å²) in [5.74, 6) is -0.121. The summed E-state index contributed by atoms with van der Waals surface area (Å²) < 4.78 is 34.3. The first-order valence-corrected chi connectivity index (χ1v) is 11.0. The third-order valence-corrected chi connectivity index (χ3v) is 7.10. The fourth-order valence-electron chi connectivity index (χ4n) is 3.67. The van der Waals surface area contributed by atoms with Crippen molar-refractivity contribution in [3.05, 3.63) is 39.9 Å². The van der Waals surface area contributed by atoms with E-state index in [0.717, 1.165) is 0 Å². The van der Waals surface area contributed by atoms with Crippen LogP contribution in [0.25, 0.3) is 0 Å². The van der Waals surface area contributed by atoms with Crippen LogP contribution in [0.4, 0.5) is 5.69 Å². The van der Waals surface area contributed by atoms with E-state index in [4.69, 9.17) is 4.74 Å². The highest BCUT2D eigenvalue weighted by Gasteiger charge is 2.37. The summed E-state index contributed by atoms with van der Waals surface area (Å²) in [6.45, 7) is 5.49. The SMILES string of the molecule is C[C@H]1CN(S(=O)(=O)N2CCN(C(=O)Cc3ccc([N+](=O)[O-])cc3)CC2)C[C@H](C)O1. The van der Waals surface area contributed by atoms with Crippen molar-refractivity contribution in [2.24, 2.45) is 0 Å². The van der Waals surface area contributed by atoms with Crippen LogP contribution in [0.1, 0.15) is 19.4 Å². The number of nitro groups is 1. The minimum absolute atomic E-state index is 0.0215. The van der Waals surface area contributed by atoms with E-state index in [0.29, 0.717) is 31.7 Å². The van der Waals surface area contributed by atoms with Gasteiger partial charge in [-0.05, 0) is 19.4 Å². The number of ether oxygens (including phenoxy) is 1. The lowest BCUT2D eigenvalue weighted by atomic mass is 10.1. The molecule has 1 amide bonds. The molecule has 0 spiro atoms. The van der Waals surface area contributed by atoms with Gasteiger partial charge in [-0.25, -0.2) is 0 Å². The molecule has 1 aromatic rings. The molecule has 0 saturated carbocycles. The molecule has 0 aliphatic carbocycles. The second-order valence-electron chi connectivity index (χ2n) is 7.46. The van der Waals surface area contributed by atoms with Crippen molar-refractivity contribution in [3.63, 3.8) is 0 Å². The van der Waals surface area contributed by atoms with Crippen LogP contribution in [0.15, 0.2) is 24.3 Å². The lowest BCUT2D eigenvalue weighted by Gasteiger charge is -2.40. The minimum atomic E-state index is -3.59. The molecule has 2 fully saturated rings. The zero-order valence-corrected chi connectivity index (χ0v) is 17.4. The number of hydrogen-bond acceptors (Lipinski definition) is 6. The summed E-state index contributed by atoms with van der Waals surface area (Å²) in [6.07, 6.45) is -0.181. The van der Waals surface area contributed by atoms with Crippen molar-refractivity contribution in [1.29, 1.82) is 0 Å². The van der Waals surface area contributed by atoms with E-state index in [2.05, 4.69) is 0 Å². The van der Waals surface area contributed by atoms with Crippen LogP contribution in [0, 0.1) is 10.1 Å². The Morgan fingerprint density at radius 1 is 1.07 bits per heavy atom. The molecule has 2 saturated heterocycles. The maximum absolute atomic E-state index is 12.9. The number of carbonyl (C=O) groups excluding carboxylic acids is 1. The van der Waals surface area contributed by atoms with Crippen LogP contribution in [-0.4, -0.2) is 84.2 Å². The molecule has 0 bridgehead atoms. The summed E-state index contributed by atoms with van der Waals surface area (Å²) in [4.78, 5) is 24.4. The number of carbonyl (C=O) groups is 1. The smallest absolute Gasteiger partial charge is 0.282 e. The number of hydrogen-bond donors (Lipinski definition) is 0. The molecule has 0 N–H and O–H groups in total. The average molecular weight is 426 g/mol. The second-order valence-corrected chi connectivity index (χ2v) is 9.39. The highest BCUT2D eigenvalue weighted by molar-refractivity contribution is 7.86. The Hall–Kier alpha value is -2.08. The molecule has 0 aromatic heterocycles. The number of amides is 1. The van der Waals surface area contributed by atoms with Gasteiger partial charge in [-0.3, -0.25) is 14.9 Å². The molecule has 11 heteroatoms. The Bertz CT molecular complexity index is 842. The van der Waals surface area contributed by atoms with E-state index < -0.39 is 15.1 Å². The Labute approximate surface area is 170 Å². The third kappa shape index (κ3) is 5.10. The maximum atomic E-state index is 12.9. The van der Waals surface area contributed by atoms with Gasteiger partial charge in [-0.1, -0.05) is 12.1 Å². The van der Waals surface area contributed by atoms with Gasteiger partial charge < -0.3 is 9.64 Å². The predicted molar refractivity (Wildman–Crippen MR) is 105 cm³/mol. The van der Waals surface area contributed by atoms with E-state index in [9.17, 15) is 23.3 Å². The van der Waals surface area contributed by atoms with Crippen LogP contribution in [-0.2, 0) is 26.2 Å². The molecule has 10 nitrogen and oxygen atoms in total. The van der Waals surface area contributed by atoms with Crippen molar-refractivity contribution in [1.82, 2.24) is 13.5 Å². The second kappa shape index (κ2) is 8.74. The lowest BCUT2D eigenvalue weighted by Crippen LogP contribution is -2.57. The summed E-state index contributed by atoms with van der Waals surface area (Å²) in [7, 11) is -3.59. The molecule has 0 unspecified atom stereocenters. The Kier molecular flexibility index (Phi) is 6.52. The number of nitrogens with zero attached hydrogens (tertiary/aromatic N) is 4. The molecule has 1 aromatic carbocycles. The zero-order chi connectivity index (χ0) is 21.2. The molecule has 3 rings (SSSR count). The summed E-state index contributed by atoms with van der Waals surface area (Å²) in [5.41, 5.74) is 0.665. The van der Waals surface area contributed by atoms with Crippen LogP contribution < -0.4 is 0 Å². The predicted octanol–water partition coefficient (Wildman–Crippen LogP) is 0.636. The largest absolute Gasteiger partial charge is 0.373 e. The first kappa shape index (κ1) is 21.6. The first-order chi connectivity index (χ1) is 13.7. The monoisotopic (exact) mass is 426 g/mol. The molecule has 2 aliphatic heterocycles. The fraction of sp³-hybridized carbons (Fsp3) is 0.611. The molecule has 2 aliphatic rings. The summed E-state index contributed by atoms with van der Waals surface area (Å²) >= 11 is 0. The van der Waals surface area contributed by atoms with Crippen molar-refractivity contribution >= 4 is 21.8 Å². The number of benzene rings is 1. The zero-order valence-electron chi connectivity index (χ0n) is 16.6. The van der Waals surface area contributed by atoms with Gasteiger partial charge in [0.05, 0.1) is 23.6 Å². The molecule has 2 heterocycles. The molecular formula is C18H26N4O6S. The minimum Gasteiger partial charge on any atom is -0.373 e. The normalized spacial score (nSPS) is 24.4. The highest BCUT2D eigenvalue weighted by atomic mass is 32.2. The molecule has 2 atom stereocenters. The van der Waals surface area contributed by atoms with Crippen molar-refractivity contribution in [2.45, 2.75) is 32.5 Å². The Morgan fingerprint density at radius 2 is 1.62 bits per heavy atom. The van der Waals surface area contributed by atoms with Crippen LogP contribution >= 0.6 is 0 Å². The van der Waals surface area contributed by atoms with Crippen LogP contribution in [0.5, 0.6) is 0 Å². The first-order valence-electron chi connectivity index (χ1n) is 9.58.